The number of hydrogen-bond donors (Lipinski definition) is 1. The molecule has 1 atom stereocenters. The second kappa shape index (κ2) is 7.84. The first-order valence-electron chi connectivity index (χ1n) is 9.39. The van der Waals surface area contributed by atoms with E-state index < -0.39 is 0 Å². The highest BCUT2D eigenvalue weighted by atomic mass is 16.2. The Balaban J connectivity index is 1.75. The fraction of sp³-hybridized carbons (Fsp3) is 0.765. The molecule has 0 radical (unpaired) electrons. The second-order valence-electron chi connectivity index (χ2n) is 6.73. The van der Waals surface area contributed by atoms with E-state index in [0.717, 1.165) is 43.9 Å². The highest BCUT2D eigenvalue weighted by Crippen LogP contribution is 2.31. The van der Waals surface area contributed by atoms with E-state index in [4.69, 9.17) is 0 Å². The van der Waals surface area contributed by atoms with Crippen LogP contribution >= 0.6 is 0 Å². The van der Waals surface area contributed by atoms with Gasteiger partial charge in [-0.2, -0.15) is 0 Å². The van der Waals surface area contributed by atoms with Crippen molar-refractivity contribution in [1.82, 2.24) is 29.9 Å². The lowest BCUT2D eigenvalue weighted by Crippen LogP contribution is -2.45. The normalized spacial score (nSPS) is 20.3. The molecule has 0 spiro atoms. The van der Waals surface area contributed by atoms with Crippen molar-refractivity contribution in [2.45, 2.75) is 65.1 Å². The lowest BCUT2D eigenvalue weighted by atomic mass is 10.0. The monoisotopic (exact) mass is 348 g/mol. The summed E-state index contributed by atoms with van der Waals surface area (Å²) in [6, 6.07) is -0.0268. The molecule has 0 bridgehead atoms. The molecule has 3 amide bonds. The number of carbonyl (C=O) groups excluding carboxylic acids is 2. The molecule has 0 aromatic carbocycles. The molecule has 2 aliphatic heterocycles. The molecule has 8 heteroatoms. The Kier molecular flexibility index (Phi) is 5.55. The number of carbonyl (C=O) groups is 2. The summed E-state index contributed by atoms with van der Waals surface area (Å²) in [5, 5.41) is 11.6. The molecule has 8 nitrogen and oxygen atoms in total. The number of amides is 3. The van der Waals surface area contributed by atoms with Gasteiger partial charge in [-0.15, -0.1) is 10.2 Å². The van der Waals surface area contributed by atoms with Crippen LogP contribution in [0, 0.1) is 0 Å². The van der Waals surface area contributed by atoms with Gasteiger partial charge in [0.25, 0.3) is 0 Å². The molecular formula is C17H28N6O2. The predicted octanol–water partition coefficient (Wildman–Crippen LogP) is 1.68. The van der Waals surface area contributed by atoms with E-state index in [1.807, 2.05) is 18.7 Å². The molecule has 138 valence electrons. The van der Waals surface area contributed by atoms with Crippen LogP contribution in [0.2, 0.25) is 0 Å². The van der Waals surface area contributed by atoms with Gasteiger partial charge in [0.15, 0.2) is 11.6 Å². The van der Waals surface area contributed by atoms with Gasteiger partial charge in [0.1, 0.15) is 0 Å². The topological polar surface area (TPSA) is 83.4 Å². The van der Waals surface area contributed by atoms with Gasteiger partial charge < -0.3 is 19.7 Å². The molecule has 2 aliphatic rings. The minimum Gasteiger partial charge on any atom is -0.338 e. The molecule has 3 heterocycles. The van der Waals surface area contributed by atoms with Gasteiger partial charge in [-0.05, 0) is 25.7 Å². The van der Waals surface area contributed by atoms with Crippen molar-refractivity contribution in [3.63, 3.8) is 0 Å². The highest BCUT2D eigenvalue weighted by molar-refractivity contribution is 5.76. The van der Waals surface area contributed by atoms with Crippen molar-refractivity contribution >= 4 is 11.9 Å². The van der Waals surface area contributed by atoms with Crippen LogP contribution in [-0.4, -0.2) is 56.1 Å². The molecule has 1 aromatic rings. The van der Waals surface area contributed by atoms with Crippen LogP contribution in [0.1, 0.15) is 63.6 Å². The Hall–Kier alpha value is -2.12. The van der Waals surface area contributed by atoms with E-state index in [1.165, 1.54) is 0 Å². The third-order valence-corrected chi connectivity index (χ3v) is 5.02. The average Bonchev–Trinajstić information content (AvgIpc) is 3.08. The summed E-state index contributed by atoms with van der Waals surface area (Å²) >= 11 is 0. The zero-order valence-electron chi connectivity index (χ0n) is 15.2. The van der Waals surface area contributed by atoms with Crippen molar-refractivity contribution < 1.29 is 9.59 Å². The maximum absolute atomic E-state index is 12.3. The first kappa shape index (κ1) is 17.7. The van der Waals surface area contributed by atoms with Gasteiger partial charge in [0.2, 0.25) is 5.91 Å². The summed E-state index contributed by atoms with van der Waals surface area (Å²) in [7, 11) is 0. The third-order valence-electron chi connectivity index (χ3n) is 5.02. The van der Waals surface area contributed by atoms with Crippen molar-refractivity contribution in [2.24, 2.45) is 0 Å². The number of aromatic nitrogens is 3. The summed E-state index contributed by atoms with van der Waals surface area (Å²) in [5.74, 6) is 1.87. The van der Waals surface area contributed by atoms with E-state index in [2.05, 4.69) is 20.1 Å². The molecule has 0 saturated carbocycles. The van der Waals surface area contributed by atoms with E-state index in [0.29, 0.717) is 32.6 Å². The summed E-state index contributed by atoms with van der Waals surface area (Å²) in [6.07, 6.45) is 4.52. The second-order valence-corrected chi connectivity index (χ2v) is 6.73. The molecule has 0 aliphatic carbocycles. The Morgan fingerprint density at radius 1 is 1.16 bits per heavy atom. The first-order valence-corrected chi connectivity index (χ1v) is 9.39. The fourth-order valence-corrected chi connectivity index (χ4v) is 3.65. The largest absolute Gasteiger partial charge is 0.338 e. The van der Waals surface area contributed by atoms with Crippen LogP contribution in [0.25, 0.3) is 0 Å². The van der Waals surface area contributed by atoms with Gasteiger partial charge in [-0.1, -0.05) is 13.8 Å². The number of nitrogens with one attached hydrogen (secondary N) is 1. The Morgan fingerprint density at radius 3 is 2.76 bits per heavy atom. The summed E-state index contributed by atoms with van der Waals surface area (Å²) < 4.78 is 2.11. The molecule has 3 rings (SSSR count). The Morgan fingerprint density at radius 2 is 2.00 bits per heavy atom. The molecule has 1 fully saturated rings. The third kappa shape index (κ3) is 3.62. The van der Waals surface area contributed by atoms with Gasteiger partial charge in [0, 0.05) is 32.6 Å². The number of rotatable bonds is 4. The van der Waals surface area contributed by atoms with Gasteiger partial charge >= 0.3 is 6.03 Å². The quantitative estimate of drug-likeness (QED) is 0.897. The molecule has 25 heavy (non-hydrogen) atoms. The summed E-state index contributed by atoms with van der Waals surface area (Å²) in [5.41, 5.74) is 0. The zero-order valence-corrected chi connectivity index (χ0v) is 15.2. The minimum atomic E-state index is -0.0434. The smallest absolute Gasteiger partial charge is 0.317 e. The van der Waals surface area contributed by atoms with Crippen molar-refractivity contribution in [1.29, 1.82) is 0 Å². The summed E-state index contributed by atoms with van der Waals surface area (Å²) in [6.45, 7) is 7.21. The van der Waals surface area contributed by atoms with E-state index >= 15 is 0 Å². The minimum absolute atomic E-state index is 0.0166. The molecular weight excluding hydrogens is 320 g/mol. The standard InChI is InChI=1S/C17H28N6O2/c1-3-8-18-17(25)21-10-11-23-14(12-21)19-20-16(23)13-7-5-6-9-22(13)15(24)4-2/h13H,3-12H2,1-2H3,(H,18,25). The van der Waals surface area contributed by atoms with Gasteiger partial charge in [-0.25, -0.2) is 4.79 Å². The Labute approximate surface area is 148 Å². The van der Waals surface area contributed by atoms with E-state index in [-0.39, 0.29) is 18.0 Å². The number of nitrogens with zero attached hydrogens (tertiary/aromatic N) is 5. The van der Waals surface area contributed by atoms with Crippen molar-refractivity contribution in [3.8, 4) is 0 Å². The van der Waals surface area contributed by atoms with Crippen LogP contribution in [0.15, 0.2) is 0 Å². The maximum atomic E-state index is 12.3. The maximum Gasteiger partial charge on any atom is 0.317 e. The van der Waals surface area contributed by atoms with E-state index in [1.54, 1.807) is 4.90 Å². The number of likely N-dealkylation sites (tertiary alicyclic amines) is 1. The Bertz CT molecular complexity index is 629. The summed E-state index contributed by atoms with van der Waals surface area (Å²) in [4.78, 5) is 28.2. The van der Waals surface area contributed by atoms with Crippen LogP contribution < -0.4 is 5.32 Å². The molecule has 1 aromatic heterocycles. The van der Waals surface area contributed by atoms with Crippen LogP contribution in [0.4, 0.5) is 4.79 Å². The number of urea groups is 1. The SMILES string of the molecule is CCCNC(=O)N1CCn2c(nnc2C2CCCCN2C(=O)CC)C1. The molecule has 1 unspecified atom stereocenters. The predicted molar refractivity (Wildman–Crippen MR) is 92.7 cm³/mol. The average molecular weight is 348 g/mol. The number of fused-ring (bicyclic) bond motifs is 1. The fourth-order valence-electron chi connectivity index (χ4n) is 3.65. The lowest BCUT2D eigenvalue weighted by Gasteiger charge is -2.36. The molecule has 1 saturated heterocycles. The van der Waals surface area contributed by atoms with Crippen LogP contribution in [-0.2, 0) is 17.9 Å². The van der Waals surface area contributed by atoms with Crippen LogP contribution in [0.5, 0.6) is 0 Å². The van der Waals surface area contributed by atoms with Crippen molar-refractivity contribution in [2.75, 3.05) is 19.6 Å². The van der Waals surface area contributed by atoms with Gasteiger partial charge in [-0.3, -0.25) is 4.79 Å². The van der Waals surface area contributed by atoms with E-state index in [9.17, 15) is 9.59 Å². The van der Waals surface area contributed by atoms with Gasteiger partial charge in [0.05, 0.1) is 12.6 Å². The zero-order chi connectivity index (χ0) is 17.8. The number of hydrogen-bond acceptors (Lipinski definition) is 4. The molecule has 1 N–H and O–H groups in total. The first-order chi connectivity index (χ1) is 12.2. The van der Waals surface area contributed by atoms with Crippen LogP contribution in [0.3, 0.4) is 0 Å². The van der Waals surface area contributed by atoms with Crippen molar-refractivity contribution in [3.05, 3.63) is 11.6 Å². The number of piperidine rings is 1. The lowest BCUT2D eigenvalue weighted by molar-refractivity contribution is -0.135. The highest BCUT2D eigenvalue weighted by Gasteiger charge is 2.33.